The molecule has 0 heterocycles. The number of hydrogen-bond donors (Lipinski definition) is 0. The smallest absolute Gasteiger partial charge is 0.0479 e. The van der Waals surface area contributed by atoms with Crippen molar-refractivity contribution in [1.29, 1.82) is 0 Å². The van der Waals surface area contributed by atoms with Gasteiger partial charge in [-0.05, 0) is 61.3 Å². The highest BCUT2D eigenvalue weighted by atomic mass is 28.3. The first-order chi connectivity index (χ1) is 6.54. The normalized spacial score (nSPS) is 51.2. The monoisotopic (exact) mass is 208 g/mol. The van der Waals surface area contributed by atoms with Crippen LogP contribution in [0.5, 0.6) is 0 Å². The summed E-state index contributed by atoms with van der Waals surface area (Å²) in [6.45, 7) is 7.83. The van der Waals surface area contributed by atoms with Crippen LogP contribution in [0.1, 0.15) is 32.1 Å². The van der Waals surface area contributed by atoms with Gasteiger partial charge in [-0.15, -0.1) is 0 Å². The molecule has 4 bridgehead atoms. The van der Waals surface area contributed by atoms with Crippen molar-refractivity contribution in [2.24, 2.45) is 23.7 Å². The Balaban J connectivity index is 1.88. The van der Waals surface area contributed by atoms with Gasteiger partial charge < -0.3 is 0 Å². The van der Waals surface area contributed by atoms with Crippen LogP contribution in [0.2, 0.25) is 25.2 Å². The molecule has 0 unspecified atom stereocenters. The molecule has 0 radical (unpaired) electrons. The van der Waals surface area contributed by atoms with Gasteiger partial charge in [-0.2, -0.15) is 0 Å². The van der Waals surface area contributed by atoms with Crippen molar-refractivity contribution < 1.29 is 0 Å². The Bertz CT molecular complexity index is 210. The largest absolute Gasteiger partial charge is 0.0693 e. The topological polar surface area (TPSA) is 0 Å². The first-order valence-corrected chi connectivity index (χ1v) is 10.1. The number of rotatable bonds is 1. The van der Waals surface area contributed by atoms with Crippen LogP contribution in [0.25, 0.3) is 0 Å². The maximum atomic E-state index is 2.61. The summed E-state index contributed by atoms with van der Waals surface area (Å²) in [5.41, 5.74) is 1.19. The molecule has 0 nitrogen and oxygen atoms in total. The first-order valence-electron chi connectivity index (χ1n) is 6.54. The SMILES string of the molecule is C[Si](C)(C)C1C2CC3CC(C2)CC1C3. The Kier molecular flexibility index (Phi) is 1.94. The highest BCUT2D eigenvalue weighted by molar-refractivity contribution is 6.77. The van der Waals surface area contributed by atoms with Crippen molar-refractivity contribution in [2.45, 2.75) is 57.3 Å². The zero-order valence-electron chi connectivity index (χ0n) is 9.92. The van der Waals surface area contributed by atoms with E-state index in [1.54, 1.807) is 32.1 Å². The first kappa shape index (κ1) is 9.44. The lowest BCUT2D eigenvalue weighted by molar-refractivity contribution is 0.0176. The molecule has 1 heteroatoms. The highest BCUT2D eigenvalue weighted by Crippen LogP contribution is 2.61. The quantitative estimate of drug-likeness (QED) is 0.568. The van der Waals surface area contributed by atoms with Gasteiger partial charge in [-0.25, -0.2) is 0 Å². The molecule has 4 aliphatic carbocycles. The fourth-order valence-corrected chi connectivity index (χ4v) is 8.71. The van der Waals surface area contributed by atoms with E-state index in [1.807, 2.05) is 0 Å². The summed E-state index contributed by atoms with van der Waals surface area (Å²) in [5, 5.41) is 0. The van der Waals surface area contributed by atoms with E-state index >= 15 is 0 Å². The molecule has 0 aromatic carbocycles. The van der Waals surface area contributed by atoms with Crippen LogP contribution in [0.3, 0.4) is 0 Å². The van der Waals surface area contributed by atoms with E-state index in [0.717, 1.165) is 23.7 Å². The third kappa shape index (κ3) is 1.31. The molecule has 4 aliphatic rings. The minimum absolute atomic E-state index is 0.861. The molecule has 0 saturated heterocycles. The third-order valence-electron chi connectivity index (χ3n) is 5.23. The summed E-state index contributed by atoms with van der Waals surface area (Å²) in [6, 6.07) is 0. The van der Waals surface area contributed by atoms with E-state index in [-0.39, 0.29) is 0 Å². The molecule has 0 N–H and O–H groups in total. The zero-order chi connectivity index (χ0) is 9.92. The van der Waals surface area contributed by atoms with Gasteiger partial charge in [0.2, 0.25) is 0 Å². The average molecular weight is 208 g/mol. The molecule has 0 atom stereocenters. The van der Waals surface area contributed by atoms with Crippen LogP contribution >= 0.6 is 0 Å². The summed E-state index contributed by atoms with van der Waals surface area (Å²) in [5.74, 6) is 4.64. The van der Waals surface area contributed by atoms with Gasteiger partial charge in [0, 0.05) is 8.07 Å². The third-order valence-corrected chi connectivity index (χ3v) is 8.17. The zero-order valence-corrected chi connectivity index (χ0v) is 10.9. The maximum absolute atomic E-state index is 2.61. The lowest BCUT2D eigenvalue weighted by atomic mass is 9.56. The van der Waals surface area contributed by atoms with Crippen LogP contribution < -0.4 is 0 Å². The van der Waals surface area contributed by atoms with Gasteiger partial charge in [0.05, 0.1) is 0 Å². The van der Waals surface area contributed by atoms with Gasteiger partial charge >= 0.3 is 0 Å². The number of hydrogen-bond acceptors (Lipinski definition) is 0. The summed E-state index contributed by atoms with van der Waals surface area (Å²) >= 11 is 0. The van der Waals surface area contributed by atoms with E-state index in [2.05, 4.69) is 19.6 Å². The van der Waals surface area contributed by atoms with Gasteiger partial charge in [0.15, 0.2) is 0 Å². The molecule has 0 amide bonds. The summed E-state index contributed by atoms with van der Waals surface area (Å²) < 4.78 is 0. The van der Waals surface area contributed by atoms with Crippen LogP contribution in [0, 0.1) is 23.7 Å². The molecule has 4 rings (SSSR count). The van der Waals surface area contributed by atoms with Crippen molar-refractivity contribution in [2.75, 3.05) is 0 Å². The van der Waals surface area contributed by atoms with Gasteiger partial charge in [-0.3, -0.25) is 0 Å². The second kappa shape index (κ2) is 2.87. The Labute approximate surface area is 89.5 Å². The van der Waals surface area contributed by atoms with Crippen LogP contribution in [0.4, 0.5) is 0 Å². The second-order valence-electron chi connectivity index (χ2n) is 7.32. The van der Waals surface area contributed by atoms with Crippen molar-refractivity contribution >= 4 is 8.07 Å². The van der Waals surface area contributed by atoms with Crippen molar-refractivity contribution in [3.63, 3.8) is 0 Å². The minimum atomic E-state index is -0.861. The Morgan fingerprint density at radius 3 is 1.50 bits per heavy atom. The lowest BCUT2D eigenvalue weighted by Gasteiger charge is -2.57. The maximum Gasteiger partial charge on any atom is 0.0479 e. The van der Waals surface area contributed by atoms with Crippen molar-refractivity contribution in [1.82, 2.24) is 0 Å². The van der Waals surface area contributed by atoms with E-state index in [0.29, 0.717) is 0 Å². The fourth-order valence-electron chi connectivity index (χ4n) is 5.34. The van der Waals surface area contributed by atoms with E-state index in [1.165, 1.54) is 5.54 Å². The minimum Gasteiger partial charge on any atom is -0.0693 e. The molecule has 0 aromatic rings. The predicted molar refractivity (Wildman–Crippen MR) is 64.1 cm³/mol. The fraction of sp³-hybridized carbons (Fsp3) is 1.00. The summed E-state index contributed by atoms with van der Waals surface area (Å²) in [7, 11) is -0.861. The summed E-state index contributed by atoms with van der Waals surface area (Å²) in [6.07, 6.45) is 8.05. The van der Waals surface area contributed by atoms with Crippen LogP contribution in [0.15, 0.2) is 0 Å². The van der Waals surface area contributed by atoms with E-state index < -0.39 is 8.07 Å². The molecule has 0 spiro atoms. The highest BCUT2D eigenvalue weighted by Gasteiger charge is 2.51. The Morgan fingerprint density at radius 1 is 0.714 bits per heavy atom. The Morgan fingerprint density at radius 2 is 1.14 bits per heavy atom. The van der Waals surface area contributed by atoms with E-state index in [9.17, 15) is 0 Å². The molecule has 14 heavy (non-hydrogen) atoms. The lowest BCUT2D eigenvalue weighted by Crippen LogP contribution is -2.50. The van der Waals surface area contributed by atoms with E-state index in [4.69, 9.17) is 0 Å². The van der Waals surface area contributed by atoms with Gasteiger partial charge in [-0.1, -0.05) is 19.6 Å². The van der Waals surface area contributed by atoms with Gasteiger partial charge in [0.1, 0.15) is 0 Å². The van der Waals surface area contributed by atoms with Crippen LogP contribution in [-0.4, -0.2) is 8.07 Å². The summed E-state index contributed by atoms with van der Waals surface area (Å²) in [4.78, 5) is 0. The molecular formula is C13H24Si. The molecule has 4 saturated carbocycles. The molecule has 0 aliphatic heterocycles. The van der Waals surface area contributed by atoms with Crippen molar-refractivity contribution in [3.8, 4) is 0 Å². The van der Waals surface area contributed by atoms with Crippen LogP contribution in [-0.2, 0) is 0 Å². The van der Waals surface area contributed by atoms with Gasteiger partial charge in [0.25, 0.3) is 0 Å². The standard InChI is InChI=1S/C13H24Si/c1-14(2,3)13-11-5-9-4-10(7-11)8-12(13)6-9/h9-13H,4-8H2,1-3H3. The Hall–Kier alpha value is 0.217. The molecule has 4 fully saturated rings. The predicted octanol–water partition coefficient (Wildman–Crippen LogP) is 4.15. The molecular weight excluding hydrogens is 184 g/mol. The molecule has 0 aromatic heterocycles. The second-order valence-corrected chi connectivity index (χ2v) is 12.7. The molecule has 80 valence electrons. The van der Waals surface area contributed by atoms with Crippen molar-refractivity contribution in [3.05, 3.63) is 0 Å². The average Bonchev–Trinajstić information content (AvgIpc) is 1.97.